The van der Waals surface area contributed by atoms with E-state index in [0.717, 1.165) is 28.9 Å². The van der Waals surface area contributed by atoms with Gasteiger partial charge in [-0.2, -0.15) is 0 Å². The fourth-order valence-corrected chi connectivity index (χ4v) is 3.70. The van der Waals surface area contributed by atoms with Crippen molar-refractivity contribution in [3.05, 3.63) is 34.1 Å². The summed E-state index contributed by atoms with van der Waals surface area (Å²) >= 11 is 3.44. The first-order chi connectivity index (χ1) is 9.60. The van der Waals surface area contributed by atoms with Gasteiger partial charge in [-0.1, -0.05) is 42.6 Å². The second kappa shape index (κ2) is 7.56. The Morgan fingerprint density at radius 2 is 2.00 bits per heavy atom. The number of likely N-dealkylation sites (N-methyl/N-ethyl adjacent to an activating group) is 1. The lowest BCUT2D eigenvalue weighted by Gasteiger charge is -2.33. The Labute approximate surface area is 130 Å². The van der Waals surface area contributed by atoms with Crippen LogP contribution in [0.1, 0.15) is 45.1 Å². The first-order valence-electron chi connectivity index (χ1n) is 7.77. The minimum Gasteiger partial charge on any atom is -0.314 e. The van der Waals surface area contributed by atoms with E-state index in [1.165, 1.54) is 25.7 Å². The fraction of sp³-hybridized carbons (Fsp3) is 0.647. The number of benzene rings is 1. The van der Waals surface area contributed by atoms with Gasteiger partial charge in [-0.25, -0.2) is 4.39 Å². The monoisotopic (exact) mass is 341 g/mol. The van der Waals surface area contributed by atoms with Crippen molar-refractivity contribution in [1.29, 1.82) is 0 Å². The lowest BCUT2D eigenvalue weighted by atomic mass is 9.77. The standard InChI is InChI=1S/C17H25BrFN/c1-3-20-17(13-6-4-12(2)5-7-13)11-14-10-15(18)8-9-16(14)19/h8-10,12-13,17,20H,3-7,11H2,1-2H3. The molecule has 0 aromatic heterocycles. The highest BCUT2D eigenvalue weighted by molar-refractivity contribution is 9.10. The molecule has 1 atom stereocenters. The van der Waals surface area contributed by atoms with E-state index in [1.807, 2.05) is 6.07 Å². The summed E-state index contributed by atoms with van der Waals surface area (Å²) in [6.45, 7) is 5.43. The van der Waals surface area contributed by atoms with E-state index in [0.29, 0.717) is 12.0 Å². The Balaban J connectivity index is 2.06. The van der Waals surface area contributed by atoms with Gasteiger partial charge in [0.2, 0.25) is 0 Å². The predicted molar refractivity (Wildman–Crippen MR) is 86.4 cm³/mol. The van der Waals surface area contributed by atoms with Crippen LogP contribution in [-0.2, 0) is 6.42 Å². The van der Waals surface area contributed by atoms with Crippen LogP contribution in [0.2, 0.25) is 0 Å². The summed E-state index contributed by atoms with van der Waals surface area (Å²) < 4.78 is 14.9. The van der Waals surface area contributed by atoms with Gasteiger partial charge in [0.15, 0.2) is 0 Å². The van der Waals surface area contributed by atoms with Gasteiger partial charge in [0.1, 0.15) is 5.82 Å². The van der Waals surface area contributed by atoms with Crippen LogP contribution < -0.4 is 5.32 Å². The number of rotatable bonds is 5. The largest absolute Gasteiger partial charge is 0.314 e. The van der Waals surface area contributed by atoms with Gasteiger partial charge in [-0.05, 0) is 61.4 Å². The van der Waals surface area contributed by atoms with Crippen molar-refractivity contribution >= 4 is 15.9 Å². The lowest BCUT2D eigenvalue weighted by Crippen LogP contribution is -2.39. The Hall–Kier alpha value is -0.410. The summed E-state index contributed by atoms with van der Waals surface area (Å²) in [6, 6.07) is 5.65. The second-order valence-corrected chi connectivity index (χ2v) is 7.04. The molecule has 0 heterocycles. The molecule has 3 heteroatoms. The van der Waals surface area contributed by atoms with Crippen molar-refractivity contribution in [2.75, 3.05) is 6.54 Å². The van der Waals surface area contributed by atoms with Crippen molar-refractivity contribution in [2.45, 2.75) is 52.0 Å². The van der Waals surface area contributed by atoms with E-state index in [1.54, 1.807) is 12.1 Å². The maximum atomic E-state index is 14.0. The molecule has 112 valence electrons. The Kier molecular flexibility index (Phi) is 6.03. The molecule has 1 fully saturated rings. The second-order valence-electron chi connectivity index (χ2n) is 6.12. The first kappa shape index (κ1) is 16.0. The normalized spacial score (nSPS) is 24.6. The van der Waals surface area contributed by atoms with Crippen LogP contribution in [0.4, 0.5) is 4.39 Å². The summed E-state index contributed by atoms with van der Waals surface area (Å²) in [6.07, 6.45) is 5.96. The summed E-state index contributed by atoms with van der Waals surface area (Å²) in [5, 5.41) is 3.58. The third-order valence-corrected chi connectivity index (χ3v) is 5.04. The Morgan fingerprint density at radius 3 is 2.65 bits per heavy atom. The van der Waals surface area contributed by atoms with Gasteiger partial charge < -0.3 is 5.32 Å². The average Bonchev–Trinajstić information content (AvgIpc) is 2.43. The highest BCUT2D eigenvalue weighted by Crippen LogP contribution is 2.32. The number of halogens is 2. The third-order valence-electron chi connectivity index (χ3n) is 4.54. The molecule has 0 bridgehead atoms. The molecule has 1 unspecified atom stereocenters. The van der Waals surface area contributed by atoms with Crippen LogP contribution >= 0.6 is 15.9 Å². The molecule has 0 radical (unpaired) electrons. The zero-order valence-corrected chi connectivity index (χ0v) is 14.0. The van der Waals surface area contributed by atoms with Crippen molar-refractivity contribution in [3.8, 4) is 0 Å². The zero-order chi connectivity index (χ0) is 14.5. The van der Waals surface area contributed by atoms with Crippen LogP contribution in [0.5, 0.6) is 0 Å². The first-order valence-corrected chi connectivity index (χ1v) is 8.56. The maximum absolute atomic E-state index is 14.0. The van der Waals surface area contributed by atoms with E-state index in [4.69, 9.17) is 0 Å². The van der Waals surface area contributed by atoms with Crippen molar-refractivity contribution in [3.63, 3.8) is 0 Å². The van der Waals surface area contributed by atoms with Crippen LogP contribution in [0.15, 0.2) is 22.7 Å². The third kappa shape index (κ3) is 4.29. The smallest absolute Gasteiger partial charge is 0.126 e. The molecule has 1 aromatic rings. The molecule has 0 aliphatic heterocycles. The molecule has 1 aliphatic rings. The molecule has 2 rings (SSSR count). The molecule has 1 nitrogen and oxygen atoms in total. The average molecular weight is 342 g/mol. The van der Waals surface area contributed by atoms with Crippen LogP contribution in [-0.4, -0.2) is 12.6 Å². The van der Waals surface area contributed by atoms with Crippen LogP contribution in [0, 0.1) is 17.7 Å². The van der Waals surface area contributed by atoms with Crippen LogP contribution in [0.3, 0.4) is 0 Å². The molecular formula is C17H25BrFN. The fourth-order valence-electron chi connectivity index (χ4n) is 3.29. The molecular weight excluding hydrogens is 317 g/mol. The number of nitrogens with one attached hydrogen (secondary N) is 1. The molecule has 1 aromatic carbocycles. The molecule has 1 aliphatic carbocycles. The van der Waals surface area contributed by atoms with Gasteiger partial charge >= 0.3 is 0 Å². The number of hydrogen-bond acceptors (Lipinski definition) is 1. The predicted octanol–water partition coefficient (Wildman–Crippen LogP) is 4.94. The minimum absolute atomic E-state index is 0.0831. The van der Waals surface area contributed by atoms with Gasteiger partial charge in [-0.15, -0.1) is 0 Å². The molecule has 0 spiro atoms. The van der Waals surface area contributed by atoms with E-state index >= 15 is 0 Å². The van der Waals surface area contributed by atoms with E-state index < -0.39 is 0 Å². The highest BCUT2D eigenvalue weighted by atomic mass is 79.9. The van der Waals surface area contributed by atoms with Gasteiger partial charge in [0.25, 0.3) is 0 Å². The topological polar surface area (TPSA) is 12.0 Å². The molecule has 20 heavy (non-hydrogen) atoms. The minimum atomic E-state index is -0.0831. The van der Waals surface area contributed by atoms with Gasteiger partial charge in [0, 0.05) is 10.5 Å². The lowest BCUT2D eigenvalue weighted by molar-refractivity contribution is 0.229. The molecule has 0 amide bonds. The van der Waals surface area contributed by atoms with Gasteiger partial charge in [-0.3, -0.25) is 0 Å². The highest BCUT2D eigenvalue weighted by Gasteiger charge is 2.26. The van der Waals surface area contributed by atoms with Crippen molar-refractivity contribution < 1.29 is 4.39 Å². The van der Waals surface area contributed by atoms with E-state index in [9.17, 15) is 4.39 Å². The quantitative estimate of drug-likeness (QED) is 0.800. The van der Waals surface area contributed by atoms with Gasteiger partial charge in [0.05, 0.1) is 0 Å². The molecule has 1 N–H and O–H groups in total. The molecule has 1 saturated carbocycles. The zero-order valence-electron chi connectivity index (χ0n) is 12.5. The van der Waals surface area contributed by atoms with Crippen molar-refractivity contribution in [1.82, 2.24) is 5.32 Å². The van der Waals surface area contributed by atoms with Crippen LogP contribution in [0.25, 0.3) is 0 Å². The maximum Gasteiger partial charge on any atom is 0.126 e. The summed E-state index contributed by atoms with van der Waals surface area (Å²) in [7, 11) is 0. The summed E-state index contributed by atoms with van der Waals surface area (Å²) in [5.41, 5.74) is 0.823. The molecule has 0 saturated heterocycles. The Morgan fingerprint density at radius 1 is 1.30 bits per heavy atom. The van der Waals surface area contributed by atoms with E-state index in [-0.39, 0.29) is 5.82 Å². The SMILES string of the molecule is CCNC(Cc1cc(Br)ccc1F)C1CCC(C)CC1. The summed E-state index contributed by atoms with van der Waals surface area (Å²) in [4.78, 5) is 0. The Bertz CT molecular complexity index is 427. The number of hydrogen-bond donors (Lipinski definition) is 1. The van der Waals surface area contributed by atoms with E-state index in [2.05, 4.69) is 35.1 Å². The summed E-state index contributed by atoms with van der Waals surface area (Å²) in [5.74, 6) is 1.46. The van der Waals surface area contributed by atoms with Crippen molar-refractivity contribution in [2.24, 2.45) is 11.8 Å².